The molecule has 0 fully saturated rings. The van der Waals surface area contributed by atoms with Gasteiger partial charge in [-0.3, -0.25) is 14.0 Å². The summed E-state index contributed by atoms with van der Waals surface area (Å²) in [5, 5.41) is 14.8. The number of aromatic nitrogens is 3. The van der Waals surface area contributed by atoms with E-state index in [4.69, 9.17) is 23.2 Å². The Morgan fingerprint density at radius 3 is 2.42 bits per heavy atom. The standard InChI is InChI=1S/C16H13Cl2N5O2S/c1-9(24)19-11-2-4-12(5-3-11)20-14(25)8-26-16-22-21-15-13(18)6-10(17)7-23(15)16/h2-7H,8H2,1H3,(H,19,24)(H,20,25). The van der Waals surface area contributed by atoms with Crippen LogP contribution in [0.3, 0.4) is 0 Å². The molecule has 10 heteroatoms. The second-order valence-corrected chi connectivity index (χ2v) is 7.06. The zero-order valence-corrected chi connectivity index (χ0v) is 15.8. The number of benzene rings is 1. The van der Waals surface area contributed by atoms with E-state index in [0.29, 0.717) is 32.2 Å². The fraction of sp³-hybridized carbons (Fsp3) is 0.125. The van der Waals surface area contributed by atoms with Crippen molar-refractivity contribution in [2.75, 3.05) is 16.4 Å². The van der Waals surface area contributed by atoms with Crippen LogP contribution in [0.15, 0.2) is 41.7 Å². The maximum absolute atomic E-state index is 12.1. The lowest BCUT2D eigenvalue weighted by Crippen LogP contribution is -2.14. The van der Waals surface area contributed by atoms with Crippen LogP contribution < -0.4 is 10.6 Å². The topological polar surface area (TPSA) is 88.4 Å². The van der Waals surface area contributed by atoms with Gasteiger partial charge in [0.1, 0.15) is 0 Å². The number of carbonyl (C=O) groups excluding carboxylic acids is 2. The SMILES string of the molecule is CC(=O)Nc1ccc(NC(=O)CSc2nnc3c(Cl)cc(Cl)cn23)cc1. The monoisotopic (exact) mass is 409 g/mol. The van der Waals surface area contributed by atoms with E-state index in [2.05, 4.69) is 20.8 Å². The van der Waals surface area contributed by atoms with E-state index in [1.54, 1.807) is 40.9 Å². The number of nitrogens with one attached hydrogen (secondary N) is 2. The lowest BCUT2D eigenvalue weighted by Gasteiger charge is -2.06. The van der Waals surface area contributed by atoms with E-state index < -0.39 is 0 Å². The third kappa shape index (κ3) is 4.46. The number of halogens is 2. The van der Waals surface area contributed by atoms with Crippen molar-refractivity contribution in [3.8, 4) is 0 Å². The number of thioether (sulfide) groups is 1. The molecule has 26 heavy (non-hydrogen) atoms. The van der Waals surface area contributed by atoms with Gasteiger partial charge in [0, 0.05) is 24.5 Å². The minimum absolute atomic E-state index is 0.137. The smallest absolute Gasteiger partial charge is 0.234 e. The second kappa shape index (κ2) is 7.94. The van der Waals surface area contributed by atoms with Crippen LogP contribution in [0.2, 0.25) is 10.0 Å². The summed E-state index contributed by atoms with van der Waals surface area (Å²) >= 11 is 13.3. The number of fused-ring (bicyclic) bond motifs is 1. The summed E-state index contributed by atoms with van der Waals surface area (Å²) in [6.45, 7) is 1.43. The average molecular weight is 410 g/mol. The first kappa shape index (κ1) is 18.5. The van der Waals surface area contributed by atoms with Crippen LogP contribution in [-0.2, 0) is 9.59 Å². The molecule has 0 atom stereocenters. The van der Waals surface area contributed by atoms with Gasteiger partial charge in [0.15, 0.2) is 10.8 Å². The van der Waals surface area contributed by atoms with Gasteiger partial charge in [0.2, 0.25) is 11.8 Å². The van der Waals surface area contributed by atoms with E-state index >= 15 is 0 Å². The zero-order chi connectivity index (χ0) is 18.7. The van der Waals surface area contributed by atoms with Gasteiger partial charge in [-0.05, 0) is 30.3 Å². The van der Waals surface area contributed by atoms with Crippen LogP contribution >= 0.6 is 35.0 Å². The molecule has 2 heterocycles. The highest BCUT2D eigenvalue weighted by atomic mass is 35.5. The van der Waals surface area contributed by atoms with Gasteiger partial charge < -0.3 is 10.6 Å². The Morgan fingerprint density at radius 2 is 1.77 bits per heavy atom. The Labute approximate surface area is 163 Å². The molecule has 7 nitrogen and oxygen atoms in total. The molecule has 3 aromatic rings. The first-order valence-electron chi connectivity index (χ1n) is 7.42. The molecule has 2 aromatic heterocycles. The number of hydrogen-bond donors (Lipinski definition) is 2. The largest absolute Gasteiger partial charge is 0.326 e. The number of pyridine rings is 1. The molecule has 0 aliphatic carbocycles. The molecule has 0 saturated carbocycles. The van der Waals surface area contributed by atoms with Gasteiger partial charge >= 0.3 is 0 Å². The number of amides is 2. The average Bonchev–Trinajstić information content (AvgIpc) is 2.97. The van der Waals surface area contributed by atoms with Crippen LogP contribution in [0, 0.1) is 0 Å². The Morgan fingerprint density at radius 1 is 1.12 bits per heavy atom. The summed E-state index contributed by atoms with van der Waals surface area (Å²) in [6.07, 6.45) is 1.64. The first-order valence-corrected chi connectivity index (χ1v) is 9.16. The quantitative estimate of drug-likeness (QED) is 0.626. The van der Waals surface area contributed by atoms with Gasteiger partial charge in [0.25, 0.3) is 0 Å². The molecule has 0 aliphatic rings. The minimum Gasteiger partial charge on any atom is -0.326 e. The maximum atomic E-state index is 12.1. The third-order valence-corrected chi connectivity index (χ3v) is 4.64. The molecule has 0 saturated heterocycles. The molecule has 2 N–H and O–H groups in total. The van der Waals surface area contributed by atoms with Gasteiger partial charge in [-0.25, -0.2) is 0 Å². The third-order valence-electron chi connectivity index (χ3n) is 3.22. The van der Waals surface area contributed by atoms with Crippen molar-refractivity contribution in [2.24, 2.45) is 0 Å². The number of rotatable bonds is 5. The number of anilines is 2. The molecule has 0 bridgehead atoms. The Bertz CT molecular complexity index is 975. The maximum Gasteiger partial charge on any atom is 0.234 e. The summed E-state index contributed by atoms with van der Waals surface area (Å²) in [5.41, 5.74) is 1.77. The number of nitrogens with zero attached hydrogens (tertiary/aromatic N) is 3. The molecule has 0 radical (unpaired) electrons. The number of carbonyl (C=O) groups is 2. The Balaban J connectivity index is 1.62. The van der Waals surface area contributed by atoms with Gasteiger partial charge in [-0.1, -0.05) is 35.0 Å². The summed E-state index contributed by atoms with van der Waals surface area (Å²) in [4.78, 5) is 23.1. The van der Waals surface area contributed by atoms with Gasteiger partial charge in [-0.15, -0.1) is 10.2 Å². The van der Waals surface area contributed by atoms with Crippen molar-refractivity contribution in [3.05, 3.63) is 46.6 Å². The van der Waals surface area contributed by atoms with Crippen molar-refractivity contribution in [1.29, 1.82) is 0 Å². The van der Waals surface area contributed by atoms with Crippen molar-refractivity contribution in [3.63, 3.8) is 0 Å². The van der Waals surface area contributed by atoms with Crippen molar-refractivity contribution >= 4 is 63.8 Å². The Kier molecular flexibility index (Phi) is 5.65. The molecule has 134 valence electrons. The normalized spacial score (nSPS) is 10.7. The molecular weight excluding hydrogens is 397 g/mol. The van der Waals surface area contributed by atoms with E-state index in [-0.39, 0.29) is 17.6 Å². The van der Waals surface area contributed by atoms with Crippen LogP contribution in [-0.4, -0.2) is 32.2 Å². The molecule has 0 aliphatic heterocycles. The second-order valence-electron chi connectivity index (χ2n) is 5.28. The molecular formula is C16H13Cl2N5O2S. The fourth-order valence-electron chi connectivity index (χ4n) is 2.17. The highest BCUT2D eigenvalue weighted by molar-refractivity contribution is 7.99. The molecule has 1 aromatic carbocycles. The van der Waals surface area contributed by atoms with E-state index in [9.17, 15) is 9.59 Å². The van der Waals surface area contributed by atoms with Gasteiger partial charge in [0.05, 0.1) is 15.8 Å². The molecule has 2 amide bonds. The molecule has 0 unspecified atom stereocenters. The predicted octanol–water partition coefficient (Wildman–Crippen LogP) is 3.73. The summed E-state index contributed by atoms with van der Waals surface area (Å²) < 4.78 is 1.64. The van der Waals surface area contributed by atoms with Crippen molar-refractivity contribution < 1.29 is 9.59 Å². The number of hydrogen-bond acceptors (Lipinski definition) is 5. The highest BCUT2D eigenvalue weighted by Gasteiger charge is 2.12. The van der Waals surface area contributed by atoms with E-state index in [0.717, 1.165) is 0 Å². The summed E-state index contributed by atoms with van der Waals surface area (Å²) in [7, 11) is 0. The summed E-state index contributed by atoms with van der Waals surface area (Å²) in [6, 6.07) is 8.42. The van der Waals surface area contributed by atoms with Crippen molar-refractivity contribution in [2.45, 2.75) is 12.1 Å². The van der Waals surface area contributed by atoms with Crippen molar-refractivity contribution in [1.82, 2.24) is 14.6 Å². The fourth-order valence-corrected chi connectivity index (χ4v) is 3.39. The summed E-state index contributed by atoms with van der Waals surface area (Å²) in [5.74, 6) is -0.218. The van der Waals surface area contributed by atoms with Crippen LogP contribution in [0.25, 0.3) is 5.65 Å². The van der Waals surface area contributed by atoms with Crippen LogP contribution in [0.1, 0.15) is 6.92 Å². The lowest BCUT2D eigenvalue weighted by atomic mass is 10.3. The first-order chi connectivity index (χ1) is 12.4. The Hall–Kier alpha value is -2.29. The van der Waals surface area contributed by atoms with Gasteiger partial charge in [-0.2, -0.15) is 0 Å². The zero-order valence-electron chi connectivity index (χ0n) is 13.5. The van der Waals surface area contributed by atoms with Crippen LogP contribution in [0.5, 0.6) is 0 Å². The molecule has 0 spiro atoms. The highest BCUT2D eigenvalue weighted by Crippen LogP contribution is 2.25. The van der Waals surface area contributed by atoms with E-state index in [1.807, 2.05) is 0 Å². The van der Waals surface area contributed by atoms with E-state index in [1.165, 1.54) is 18.7 Å². The van der Waals surface area contributed by atoms with Crippen LogP contribution in [0.4, 0.5) is 11.4 Å². The lowest BCUT2D eigenvalue weighted by molar-refractivity contribution is -0.114. The predicted molar refractivity (Wildman–Crippen MR) is 103 cm³/mol. The molecule has 3 rings (SSSR count). The minimum atomic E-state index is -0.202.